The van der Waals surface area contributed by atoms with Crippen LogP contribution in [0.3, 0.4) is 0 Å². The van der Waals surface area contributed by atoms with Gasteiger partial charge in [-0.25, -0.2) is 5.84 Å². The zero-order chi connectivity index (χ0) is 13.9. The van der Waals surface area contributed by atoms with Gasteiger partial charge < -0.3 is 5.11 Å². The van der Waals surface area contributed by atoms with Crippen molar-refractivity contribution in [2.45, 2.75) is 6.42 Å². The number of benzene rings is 2. The molecule has 1 heterocycles. The molecule has 3 N–H and O–H groups in total. The van der Waals surface area contributed by atoms with Crippen LogP contribution in [0.25, 0.3) is 0 Å². The van der Waals surface area contributed by atoms with E-state index in [0.717, 1.165) is 30.9 Å². The van der Waals surface area contributed by atoms with Gasteiger partial charge >= 0.3 is 0 Å². The van der Waals surface area contributed by atoms with E-state index in [0.29, 0.717) is 5.75 Å². The Morgan fingerprint density at radius 1 is 1.00 bits per heavy atom. The topological polar surface area (TPSA) is 61.8 Å². The van der Waals surface area contributed by atoms with Gasteiger partial charge in [0, 0.05) is 5.56 Å². The van der Waals surface area contributed by atoms with E-state index in [1.807, 2.05) is 12.1 Å². The highest BCUT2D eigenvalue weighted by Gasteiger charge is 2.14. The Balaban J connectivity index is 1.74. The molecule has 0 unspecified atom stereocenters. The number of hydrogen-bond donors (Lipinski definition) is 2. The van der Waals surface area contributed by atoms with Crippen LogP contribution in [0, 0.1) is 0 Å². The van der Waals surface area contributed by atoms with E-state index in [1.54, 1.807) is 17.1 Å². The van der Waals surface area contributed by atoms with E-state index in [2.05, 4.69) is 29.3 Å². The molecular formula is C16H17N3O. The molecule has 0 radical (unpaired) electrons. The lowest BCUT2D eigenvalue weighted by atomic mass is 10.0. The monoisotopic (exact) mass is 267 g/mol. The summed E-state index contributed by atoms with van der Waals surface area (Å²) in [4.78, 5) is 4.40. The lowest BCUT2D eigenvalue weighted by molar-refractivity contribution is 0.475. The summed E-state index contributed by atoms with van der Waals surface area (Å²) in [5.41, 5.74) is 3.45. The molecule has 2 aromatic carbocycles. The third-order valence-electron chi connectivity index (χ3n) is 3.43. The molecule has 4 heteroatoms. The number of nitrogens with two attached hydrogens (primary N) is 1. The Morgan fingerprint density at radius 2 is 1.60 bits per heavy atom. The number of phenols is 1. The summed E-state index contributed by atoms with van der Waals surface area (Å²) in [7, 11) is 0. The third kappa shape index (κ3) is 2.65. The van der Waals surface area contributed by atoms with E-state index in [-0.39, 0.29) is 0 Å². The molecule has 1 aliphatic rings. The zero-order valence-corrected chi connectivity index (χ0v) is 11.2. The van der Waals surface area contributed by atoms with E-state index < -0.39 is 0 Å². The van der Waals surface area contributed by atoms with Crippen LogP contribution < -0.4 is 5.84 Å². The summed E-state index contributed by atoms with van der Waals surface area (Å²) in [6, 6.07) is 15.6. The summed E-state index contributed by atoms with van der Waals surface area (Å²) in [6.45, 7) is 1.55. The molecule has 20 heavy (non-hydrogen) atoms. The minimum absolute atomic E-state index is 0.298. The fourth-order valence-electron chi connectivity index (χ4n) is 2.34. The van der Waals surface area contributed by atoms with Crippen LogP contribution in [0.5, 0.6) is 5.75 Å². The Morgan fingerprint density at radius 3 is 2.15 bits per heavy atom. The average Bonchev–Trinajstić information content (AvgIpc) is 2.89. The molecule has 0 aliphatic carbocycles. The van der Waals surface area contributed by atoms with E-state index in [1.165, 1.54) is 11.1 Å². The zero-order valence-electron chi connectivity index (χ0n) is 11.2. The van der Waals surface area contributed by atoms with Crippen molar-refractivity contribution in [3.8, 4) is 5.75 Å². The molecule has 4 nitrogen and oxygen atoms in total. The molecule has 0 saturated heterocycles. The van der Waals surface area contributed by atoms with Crippen molar-refractivity contribution in [1.82, 2.24) is 5.01 Å². The van der Waals surface area contributed by atoms with E-state index >= 15 is 0 Å². The largest absolute Gasteiger partial charge is 0.508 e. The number of hydrogen-bond acceptors (Lipinski definition) is 4. The van der Waals surface area contributed by atoms with Gasteiger partial charge in [0.25, 0.3) is 0 Å². The third-order valence-corrected chi connectivity index (χ3v) is 3.43. The lowest BCUT2D eigenvalue weighted by Crippen LogP contribution is -2.34. The highest BCUT2D eigenvalue weighted by Crippen LogP contribution is 2.15. The predicted octanol–water partition coefficient (Wildman–Crippen LogP) is 1.92. The Hall–Kier alpha value is -2.33. The van der Waals surface area contributed by atoms with Crippen molar-refractivity contribution in [3.05, 3.63) is 65.2 Å². The first-order valence-corrected chi connectivity index (χ1v) is 6.66. The van der Waals surface area contributed by atoms with Gasteiger partial charge in [-0.1, -0.05) is 36.4 Å². The molecule has 0 bridgehead atoms. The predicted molar refractivity (Wildman–Crippen MR) is 79.7 cm³/mol. The van der Waals surface area contributed by atoms with Crippen LogP contribution in [0.2, 0.25) is 0 Å². The average molecular weight is 267 g/mol. The van der Waals surface area contributed by atoms with Crippen LogP contribution in [0.4, 0.5) is 0 Å². The number of phenolic OH excluding ortho intramolecular Hbond substituents is 1. The summed E-state index contributed by atoms with van der Waals surface area (Å²) in [6.07, 6.45) is 0.847. The number of nitrogens with zero attached hydrogens (tertiary/aromatic N) is 2. The minimum Gasteiger partial charge on any atom is -0.508 e. The van der Waals surface area contributed by atoms with E-state index in [4.69, 9.17) is 5.84 Å². The van der Waals surface area contributed by atoms with Crippen LogP contribution >= 0.6 is 0 Å². The van der Waals surface area contributed by atoms with Gasteiger partial charge in [0.15, 0.2) is 0 Å². The molecule has 0 amide bonds. The second kappa shape index (κ2) is 5.35. The Bertz CT molecular complexity index is 617. The van der Waals surface area contributed by atoms with Crippen molar-refractivity contribution in [3.63, 3.8) is 0 Å². The van der Waals surface area contributed by atoms with Crippen LogP contribution in [-0.2, 0) is 6.42 Å². The van der Waals surface area contributed by atoms with E-state index in [9.17, 15) is 5.11 Å². The maximum absolute atomic E-state index is 9.28. The van der Waals surface area contributed by atoms with Crippen LogP contribution in [0.15, 0.2) is 53.5 Å². The molecule has 102 valence electrons. The van der Waals surface area contributed by atoms with Gasteiger partial charge in [0.1, 0.15) is 11.6 Å². The molecule has 0 saturated carbocycles. The SMILES string of the molecule is NN1CCN=C1c1ccc(Cc2ccc(O)cc2)cc1. The number of amidine groups is 1. The van der Waals surface area contributed by atoms with Gasteiger partial charge in [0.05, 0.1) is 13.1 Å². The van der Waals surface area contributed by atoms with Crippen molar-refractivity contribution in [1.29, 1.82) is 0 Å². The highest BCUT2D eigenvalue weighted by atomic mass is 16.3. The summed E-state index contributed by atoms with van der Waals surface area (Å²) < 4.78 is 0. The van der Waals surface area contributed by atoms with Gasteiger partial charge in [-0.15, -0.1) is 0 Å². The molecule has 0 aromatic heterocycles. The van der Waals surface area contributed by atoms with Crippen LogP contribution in [-0.4, -0.2) is 29.0 Å². The fraction of sp³-hybridized carbons (Fsp3) is 0.188. The van der Waals surface area contributed by atoms with Crippen molar-refractivity contribution < 1.29 is 5.11 Å². The molecule has 3 rings (SSSR count). The van der Waals surface area contributed by atoms with Crippen LogP contribution in [0.1, 0.15) is 16.7 Å². The maximum Gasteiger partial charge on any atom is 0.145 e. The number of aliphatic imine (C=N–C) groups is 1. The molecular weight excluding hydrogens is 250 g/mol. The summed E-state index contributed by atoms with van der Waals surface area (Å²) in [5, 5.41) is 11.0. The number of rotatable bonds is 3. The standard InChI is InChI=1S/C16H17N3O/c17-19-10-9-18-16(19)14-5-1-12(2-6-14)11-13-3-7-15(20)8-4-13/h1-8,20H,9-11,17H2. The Labute approximate surface area is 118 Å². The molecule has 2 aromatic rings. The molecule has 1 aliphatic heterocycles. The number of aromatic hydroxyl groups is 1. The minimum atomic E-state index is 0.298. The van der Waals surface area contributed by atoms with Gasteiger partial charge in [-0.3, -0.25) is 10.0 Å². The molecule has 0 atom stereocenters. The molecule has 0 fully saturated rings. The maximum atomic E-state index is 9.28. The molecule has 0 spiro atoms. The first-order chi connectivity index (χ1) is 9.72. The number of hydrazine groups is 1. The van der Waals surface area contributed by atoms with Gasteiger partial charge in [-0.2, -0.15) is 0 Å². The second-order valence-corrected chi connectivity index (χ2v) is 4.94. The first-order valence-electron chi connectivity index (χ1n) is 6.66. The van der Waals surface area contributed by atoms with Crippen molar-refractivity contribution >= 4 is 5.84 Å². The lowest BCUT2D eigenvalue weighted by Gasteiger charge is -2.13. The van der Waals surface area contributed by atoms with Gasteiger partial charge in [0.2, 0.25) is 0 Å². The normalized spacial score (nSPS) is 14.4. The smallest absolute Gasteiger partial charge is 0.145 e. The Kier molecular flexibility index (Phi) is 3.39. The fourth-order valence-corrected chi connectivity index (χ4v) is 2.34. The first kappa shape index (κ1) is 12.7. The van der Waals surface area contributed by atoms with Crippen molar-refractivity contribution in [2.24, 2.45) is 10.8 Å². The quantitative estimate of drug-likeness (QED) is 0.835. The second-order valence-electron chi connectivity index (χ2n) is 4.94. The summed E-state index contributed by atoms with van der Waals surface area (Å²) in [5.74, 6) is 7.03. The highest BCUT2D eigenvalue weighted by molar-refractivity contribution is 5.99. The van der Waals surface area contributed by atoms with Crippen molar-refractivity contribution in [2.75, 3.05) is 13.1 Å². The summed E-state index contributed by atoms with van der Waals surface area (Å²) >= 11 is 0. The van der Waals surface area contributed by atoms with Gasteiger partial charge in [-0.05, 0) is 29.7 Å².